The van der Waals surface area contributed by atoms with Crippen LogP contribution in [0.25, 0.3) is 0 Å². The summed E-state index contributed by atoms with van der Waals surface area (Å²) in [6, 6.07) is 0. The molecule has 0 aromatic heterocycles. The van der Waals surface area contributed by atoms with Gasteiger partial charge in [-0.25, -0.2) is 0 Å². The lowest BCUT2D eigenvalue weighted by Gasteiger charge is -2.38. The standard InChI is InChI=1S/C15H26N2O3/c1-5-7-15(13(3)18,14(19)20-6-2)12-17-10-8-16(4)9-11-17/h5H,1,6-12H2,2-4H3. The first-order valence-corrected chi connectivity index (χ1v) is 7.16. The van der Waals surface area contributed by atoms with Crippen LogP contribution in [0.2, 0.25) is 0 Å². The van der Waals surface area contributed by atoms with Crippen molar-refractivity contribution in [3.63, 3.8) is 0 Å². The van der Waals surface area contributed by atoms with E-state index in [2.05, 4.69) is 23.4 Å². The highest BCUT2D eigenvalue weighted by molar-refractivity contribution is 6.03. The van der Waals surface area contributed by atoms with E-state index in [9.17, 15) is 9.59 Å². The summed E-state index contributed by atoms with van der Waals surface area (Å²) in [5, 5.41) is 0. The third kappa shape index (κ3) is 3.90. The Morgan fingerprint density at radius 2 is 1.90 bits per heavy atom. The van der Waals surface area contributed by atoms with Gasteiger partial charge in [-0.1, -0.05) is 6.08 Å². The molecule has 0 N–H and O–H groups in total. The molecule has 1 saturated heterocycles. The van der Waals surface area contributed by atoms with Crippen LogP contribution < -0.4 is 0 Å². The first kappa shape index (κ1) is 16.9. The van der Waals surface area contributed by atoms with Crippen molar-refractivity contribution in [3.8, 4) is 0 Å². The Morgan fingerprint density at radius 1 is 1.30 bits per heavy atom. The number of hydrogen-bond donors (Lipinski definition) is 0. The van der Waals surface area contributed by atoms with Crippen molar-refractivity contribution < 1.29 is 14.3 Å². The van der Waals surface area contributed by atoms with Gasteiger partial charge in [0.15, 0.2) is 0 Å². The third-order valence-electron chi connectivity index (χ3n) is 3.92. The molecule has 0 saturated carbocycles. The van der Waals surface area contributed by atoms with E-state index >= 15 is 0 Å². The summed E-state index contributed by atoms with van der Waals surface area (Å²) in [4.78, 5) is 28.8. The van der Waals surface area contributed by atoms with Crippen molar-refractivity contribution in [1.29, 1.82) is 0 Å². The van der Waals surface area contributed by atoms with E-state index < -0.39 is 11.4 Å². The van der Waals surface area contributed by atoms with E-state index in [1.807, 2.05) is 0 Å². The van der Waals surface area contributed by atoms with Crippen LogP contribution in [0, 0.1) is 5.41 Å². The van der Waals surface area contributed by atoms with Gasteiger partial charge in [-0.3, -0.25) is 14.5 Å². The second kappa shape index (κ2) is 7.55. The van der Waals surface area contributed by atoms with E-state index in [4.69, 9.17) is 4.74 Å². The number of esters is 1. The largest absolute Gasteiger partial charge is 0.465 e. The van der Waals surface area contributed by atoms with Crippen molar-refractivity contribution in [2.75, 3.05) is 46.4 Å². The summed E-state index contributed by atoms with van der Waals surface area (Å²) in [5.74, 6) is -0.568. The zero-order valence-electron chi connectivity index (χ0n) is 12.9. The summed E-state index contributed by atoms with van der Waals surface area (Å²) in [6.07, 6.45) is 1.96. The Bertz CT molecular complexity index is 362. The van der Waals surface area contributed by atoms with Gasteiger partial charge in [-0.15, -0.1) is 6.58 Å². The van der Waals surface area contributed by atoms with Crippen LogP contribution >= 0.6 is 0 Å². The zero-order valence-corrected chi connectivity index (χ0v) is 12.9. The molecule has 1 aliphatic heterocycles. The quantitative estimate of drug-likeness (QED) is 0.395. The smallest absolute Gasteiger partial charge is 0.321 e. The van der Waals surface area contributed by atoms with Gasteiger partial charge >= 0.3 is 5.97 Å². The van der Waals surface area contributed by atoms with Crippen molar-refractivity contribution in [1.82, 2.24) is 9.80 Å². The molecule has 1 rings (SSSR count). The molecular weight excluding hydrogens is 256 g/mol. The first-order valence-electron chi connectivity index (χ1n) is 7.16. The predicted octanol–water partition coefficient (Wildman–Crippen LogP) is 0.948. The molecule has 0 aliphatic carbocycles. The summed E-state index contributed by atoms with van der Waals surface area (Å²) in [5.41, 5.74) is -1.10. The van der Waals surface area contributed by atoms with Crippen molar-refractivity contribution in [2.45, 2.75) is 20.3 Å². The Balaban J connectivity index is 2.88. The number of Topliss-reactive ketones (excluding diaryl/α,β-unsaturated/α-hetero) is 1. The number of nitrogens with zero attached hydrogens (tertiary/aromatic N) is 2. The van der Waals surface area contributed by atoms with Gasteiger partial charge in [-0.05, 0) is 27.3 Å². The molecule has 0 spiro atoms. The van der Waals surface area contributed by atoms with Gasteiger partial charge in [-0.2, -0.15) is 0 Å². The normalized spacial score (nSPS) is 20.1. The monoisotopic (exact) mass is 282 g/mol. The van der Waals surface area contributed by atoms with Crippen molar-refractivity contribution in [2.24, 2.45) is 5.41 Å². The van der Waals surface area contributed by atoms with Crippen LogP contribution in [0.4, 0.5) is 0 Å². The fourth-order valence-electron chi connectivity index (χ4n) is 2.51. The fraction of sp³-hybridized carbons (Fsp3) is 0.733. The van der Waals surface area contributed by atoms with Crippen LogP contribution in [0.15, 0.2) is 12.7 Å². The third-order valence-corrected chi connectivity index (χ3v) is 3.92. The number of carbonyl (C=O) groups excluding carboxylic acids is 2. The molecule has 5 nitrogen and oxygen atoms in total. The molecule has 114 valence electrons. The Hall–Kier alpha value is -1.20. The lowest BCUT2D eigenvalue weighted by molar-refractivity contribution is -0.161. The Morgan fingerprint density at radius 3 is 2.35 bits per heavy atom. The molecule has 5 heteroatoms. The van der Waals surface area contributed by atoms with Crippen molar-refractivity contribution in [3.05, 3.63) is 12.7 Å². The molecule has 0 radical (unpaired) electrons. The fourth-order valence-corrected chi connectivity index (χ4v) is 2.51. The van der Waals surface area contributed by atoms with Gasteiger partial charge in [0.2, 0.25) is 0 Å². The highest BCUT2D eigenvalue weighted by Crippen LogP contribution is 2.28. The second-order valence-electron chi connectivity index (χ2n) is 5.43. The molecule has 0 amide bonds. The molecule has 20 heavy (non-hydrogen) atoms. The molecule has 0 bridgehead atoms. The van der Waals surface area contributed by atoms with Gasteiger partial charge in [0, 0.05) is 32.7 Å². The van der Waals surface area contributed by atoms with E-state index in [1.165, 1.54) is 6.92 Å². The molecule has 1 fully saturated rings. The summed E-state index contributed by atoms with van der Waals surface area (Å²) in [6.45, 7) is 11.2. The number of ketones is 1. The van der Waals surface area contributed by atoms with Gasteiger partial charge in [0.1, 0.15) is 11.2 Å². The molecule has 1 heterocycles. The molecular formula is C15H26N2O3. The number of carbonyl (C=O) groups is 2. The van der Waals surface area contributed by atoms with E-state index in [1.54, 1.807) is 13.0 Å². The van der Waals surface area contributed by atoms with Gasteiger partial charge < -0.3 is 9.64 Å². The first-order chi connectivity index (χ1) is 9.46. The molecule has 1 unspecified atom stereocenters. The molecule has 1 aliphatic rings. The second-order valence-corrected chi connectivity index (χ2v) is 5.43. The Labute approximate surface area is 121 Å². The molecule has 0 aromatic carbocycles. The van der Waals surface area contributed by atoms with Crippen LogP contribution in [-0.2, 0) is 14.3 Å². The van der Waals surface area contributed by atoms with Gasteiger partial charge in [0.05, 0.1) is 6.61 Å². The van der Waals surface area contributed by atoms with Crippen LogP contribution in [0.3, 0.4) is 0 Å². The summed E-state index contributed by atoms with van der Waals surface area (Å²) >= 11 is 0. The van der Waals surface area contributed by atoms with E-state index in [-0.39, 0.29) is 12.4 Å². The number of ether oxygens (including phenoxy) is 1. The lowest BCUT2D eigenvalue weighted by Crippen LogP contribution is -2.53. The molecule has 0 aromatic rings. The number of likely N-dealkylation sites (N-methyl/N-ethyl adjacent to an activating group) is 1. The average Bonchev–Trinajstić information content (AvgIpc) is 2.40. The molecule has 1 atom stereocenters. The predicted molar refractivity (Wildman–Crippen MR) is 78.5 cm³/mol. The van der Waals surface area contributed by atoms with Crippen LogP contribution in [-0.4, -0.2) is 67.9 Å². The maximum Gasteiger partial charge on any atom is 0.321 e. The van der Waals surface area contributed by atoms with E-state index in [0.29, 0.717) is 13.0 Å². The number of hydrogen-bond acceptors (Lipinski definition) is 5. The number of piperazine rings is 1. The minimum atomic E-state index is -1.10. The summed E-state index contributed by atoms with van der Waals surface area (Å²) < 4.78 is 5.14. The number of rotatable bonds is 7. The maximum absolute atomic E-state index is 12.3. The van der Waals surface area contributed by atoms with Crippen molar-refractivity contribution >= 4 is 11.8 Å². The number of allylic oxidation sites excluding steroid dienone is 1. The minimum Gasteiger partial charge on any atom is -0.465 e. The average molecular weight is 282 g/mol. The lowest BCUT2D eigenvalue weighted by atomic mass is 9.79. The SMILES string of the molecule is C=CCC(CN1CCN(C)CC1)(C(C)=O)C(=O)OCC. The highest BCUT2D eigenvalue weighted by atomic mass is 16.5. The van der Waals surface area contributed by atoms with Crippen LogP contribution in [0.1, 0.15) is 20.3 Å². The zero-order chi connectivity index (χ0) is 15.2. The minimum absolute atomic E-state index is 0.144. The Kier molecular flexibility index (Phi) is 6.36. The topological polar surface area (TPSA) is 49.9 Å². The highest BCUT2D eigenvalue weighted by Gasteiger charge is 2.45. The van der Waals surface area contributed by atoms with Crippen LogP contribution in [0.5, 0.6) is 0 Å². The maximum atomic E-state index is 12.3. The van der Waals surface area contributed by atoms with Gasteiger partial charge in [0.25, 0.3) is 0 Å². The summed E-state index contributed by atoms with van der Waals surface area (Å²) in [7, 11) is 2.07. The van der Waals surface area contributed by atoms with E-state index in [0.717, 1.165) is 26.2 Å².